The average molecular weight is 424 g/mol. The molecular formula is C19H23Cl2N5O2. The monoisotopic (exact) mass is 423 g/mol. The van der Waals surface area contributed by atoms with Gasteiger partial charge in [0.25, 0.3) is 0 Å². The van der Waals surface area contributed by atoms with Gasteiger partial charge in [-0.3, -0.25) is 9.59 Å². The fourth-order valence-corrected chi connectivity index (χ4v) is 2.81. The van der Waals surface area contributed by atoms with Gasteiger partial charge in [-0.15, -0.1) is 0 Å². The molecule has 7 nitrogen and oxygen atoms in total. The van der Waals surface area contributed by atoms with Gasteiger partial charge in [-0.2, -0.15) is 0 Å². The van der Waals surface area contributed by atoms with Crippen molar-refractivity contribution < 1.29 is 9.59 Å². The van der Waals surface area contributed by atoms with Gasteiger partial charge in [-0.25, -0.2) is 4.98 Å². The highest BCUT2D eigenvalue weighted by Crippen LogP contribution is 2.23. The predicted molar refractivity (Wildman–Crippen MR) is 111 cm³/mol. The lowest BCUT2D eigenvalue weighted by Gasteiger charge is -2.20. The molecule has 1 atom stereocenters. The zero-order valence-electron chi connectivity index (χ0n) is 15.7. The third-order valence-corrected chi connectivity index (χ3v) is 4.59. The molecule has 1 heterocycles. The van der Waals surface area contributed by atoms with Gasteiger partial charge in [-0.1, -0.05) is 35.3 Å². The van der Waals surface area contributed by atoms with Gasteiger partial charge in [0.15, 0.2) is 0 Å². The van der Waals surface area contributed by atoms with Crippen molar-refractivity contribution in [1.29, 1.82) is 0 Å². The van der Waals surface area contributed by atoms with Crippen LogP contribution in [-0.4, -0.2) is 48.4 Å². The molecule has 2 aromatic rings. The van der Waals surface area contributed by atoms with E-state index in [9.17, 15) is 9.59 Å². The van der Waals surface area contributed by atoms with E-state index in [1.807, 2.05) is 0 Å². The third kappa shape index (κ3) is 6.99. The number of carbonyl (C=O) groups is 2. The van der Waals surface area contributed by atoms with Gasteiger partial charge in [0.1, 0.15) is 11.9 Å². The van der Waals surface area contributed by atoms with Gasteiger partial charge in [-0.05, 0) is 43.4 Å². The summed E-state index contributed by atoms with van der Waals surface area (Å²) in [6.07, 6.45) is 1.87. The highest BCUT2D eigenvalue weighted by atomic mass is 35.5. The average Bonchev–Trinajstić information content (AvgIpc) is 2.63. The number of halogens is 2. The number of nitrogens with two attached hydrogens (primary N) is 1. The zero-order chi connectivity index (χ0) is 20.7. The van der Waals surface area contributed by atoms with E-state index in [2.05, 4.69) is 15.6 Å². The molecule has 9 heteroatoms. The van der Waals surface area contributed by atoms with Crippen molar-refractivity contribution in [2.75, 3.05) is 26.4 Å². The number of carbonyl (C=O) groups excluding carboxylic acids is 2. The van der Waals surface area contributed by atoms with Crippen molar-refractivity contribution in [3.63, 3.8) is 0 Å². The Balaban J connectivity index is 2.08. The molecule has 0 saturated carbocycles. The molecule has 0 aliphatic heterocycles. The molecule has 4 N–H and O–H groups in total. The van der Waals surface area contributed by atoms with Crippen LogP contribution in [0, 0.1) is 0 Å². The predicted octanol–water partition coefficient (Wildman–Crippen LogP) is 1.88. The molecule has 150 valence electrons. The first-order chi connectivity index (χ1) is 13.2. The van der Waals surface area contributed by atoms with Crippen LogP contribution in [0.1, 0.15) is 11.1 Å². The van der Waals surface area contributed by atoms with Gasteiger partial charge < -0.3 is 21.3 Å². The minimum absolute atomic E-state index is 0.174. The summed E-state index contributed by atoms with van der Waals surface area (Å²) in [5, 5.41) is 6.41. The van der Waals surface area contributed by atoms with E-state index in [-0.39, 0.29) is 31.3 Å². The fraction of sp³-hybridized carbons (Fsp3) is 0.316. The maximum atomic E-state index is 12.7. The van der Waals surface area contributed by atoms with Crippen molar-refractivity contribution in [2.45, 2.75) is 19.0 Å². The number of rotatable bonds is 8. The molecule has 1 aromatic heterocycles. The minimum atomic E-state index is -0.758. The first kappa shape index (κ1) is 21.9. The summed E-state index contributed by atoms with van der Waals surface area (Å²) in [6.45, 7) is 0.445. The van der Waals surface area contributed by atoms with Crippen LogP contribution in [0.2, 0.25) is 10.0 Å². The molecular weight excluding hydrogens is 401 g/mol. The Labute approximate surface area is 174 Å². The zero-order valence-corrected chi connectivity index (χ0v) is 17.2. The summed E-state index contributed by atoms with van der Waals surface area (Å²) in [4.78, 5) is 30.6. The third-order valence-electron chi connectivity index (χ3n) is 3.85. The highest BCUT2D eigenvalue weighted by Gasteiger charge is 2.21. The molecule has 2 amide bonds. The second-order valence-corrected chi connectivity index (χ2v) is 7.43. The number of hydrogen-bond donors (Lipinski definition) is 3. The van der Waals surface area contributed by atoms with Crippen LogP contribution < -0.4 is 16.4 Å². The quantitative estimate of drug-likeness (QED) is 0.601. The first-order valence-electron chi connectivity index (χ1n) is 8.60. The molecule has 0 aliphatic rings. The number of benzene rings is 1. The van der Waals surface area contributed by atoms with Crippen LogP contribution >= 0.6 is 23.2 Å². The largest absolute Gasteiger partial charge is 0.384 e. The van der Waals surface area contributed by atoms with Crippen LogP contribution in [0.15, 0.2) is 36.5 Å². The second-order valence-electron chi connectivity index (χ2n) is 6.62. The van der Waals surface area contributed by atoms with Crippen molar-refractivity contribution in [3.8, 4) is 0 Å². The van der Waals surface area contributed by atoms with Crippen molar-refractivity contribution in [1.82, 2.24) is 20.5 Å². The normalized spacial score (nSPS) is 11.9. The van der Waals surface area contributed by atoms with Gasteiger partial charge >= 0.3 is 0 Å². The lowest BCUT2D eigenvalue weighted by Crippen LogP contribution is -2.49. The minimum Gasteiger partial charge on any atom is -0.384 e. The SMILES string of the molecule is CN(C)CC(=O)NC(Cc1ccc(Cl)c(Cl)c1)C(=O)NCc1ccc(N)nc1. The summed E-state index contributed by atoms with van der Waals surface area (Å²) in [5.41, 5.74) is 7.15. The molecule has 0 fully saturated rings. The highest BCUT2D eigenvalue weighted by molar-refractivity contribution is 6.42. The lowest BCUT2D eigenvalue weighted by atomic mass is 10.0. The summed E-state index contributed by atoms with van der Waals surface area (Å²) in [5.74, 6) is -0.155. The molecule has 0 aliphatic carbocycles. The first-order valence-corrected chi connectivity index (χ1v) is 9.36. The smallest absolute Gasteiger partial charge is 0.243 e. The van der Waals surface area contributed by atoms with Crippen molar-refractivity contribution in [3.05, 3.63) is 57.7 Å². The Morgan fingerprint density at radius 3 is 2.46 bits per heavy atom. The number of anilines is 1. The number of nitrogens with zero attached hydrogens (tertiary/aromatic N) is 2. The molecule has 1 unspecified atom stereocenters. The van der Waals surface area contributed by atoms with E-state index < -0.39 is 6.04 Å². The van der Waals surface area contributed by atoms with E-state index in [0.717, 1.165) is 11.1 Å². The van der Waals surface area contributed by atoms with Crippen molar-refractivity contribution >= 4 is 40.8 Å². The van der Waals surface area contributed by atoms with E-state index >= 15 is 0 Å². The van der Waals surface area contributed by atoms with Crippen LogP contribution in [0.4, 0.5) is 5.82 Å². The summed E-state index contributed by atoms with van der Waals surface area (Å²) >= 11 is 12.0. The lowest BCUT2D eigenvalue weighted by molar-refractivity contribution is -0.129. The van der Waals surface area contributed by atoms with E-state index in [0.29, 0.717) is 15.9 Å². The number of pyridine rings is 1. The van der Waals surface area contributed by atoms with E-state index in [1.54, 1.807) is 55.5 Å². The number of likely N-dealkylation sites (N-methyl/N-ethyl adjacent to an activating group) is 1. The number of amides is 2. The molecule has 2 rings (SSSR count). The number of nitrogens with one attached hydrogen (secondary N) is 2. The topological polar surface area (TPSA) is 100 Å². The number of hydrogen-bond acceptors (Lipinski definition) is 5. The number of aromatic nitrogens is 1. The fourth-order valence-electron chi connectivity index (χ4n) is 2.49. The summed E-state index contributed by atoms with van der Waals surface area (Å²) in [6, 6.07) is 7.80. The van der Waals surface area contributed by atoms with Crippen LogP contribution in [0.5, 0.6) is 0 Å². The summed E-state index contributed by atoms with van der Waals surface area (Å²) < 4.78 is 0. The molecule has 28 heavy (non-hydrogen) atoms. The number of nitrogen functional groups attached to an aromatic ring is 1. The van der Waals surface area contributed by atoms with Crippen LogP contribution in [0.25, 0.3) is 0 Å². The molecule has 0 spiro atoms. The van der Waals surface area contributed by atoms with Crippen LogP contribution in [0.3, 0.4) is 0 Å². The Morgan fingerprint density at radius 1 is 1.14 bits per heavy atom. The summed E-state index contributed by atoms with van der Waals surface area (Å²) in [7, 11) is 3.56. The van der Waals surface area contributed by atoms with Gasteiger partial charge in [0.05, 0.1) is 16.6 Å². The molecule has 0 bridgehead atoms. The molecule has 0 radical (unpaired) electrons. The van der Waals surface area contributed by atoms with Crippen LogP contribution in [-0.2, 0) is 22.6 Å². The molecule has 1 aromatic carbocycles. The standard InChI is InChI=1S/C19H23Cl2N5O2/c1-26(2)11-18(27)25-16(8-12-3-5-14(20)15(21)7-12)19(28)24-10-13-4-6-17(22)23-9-13/h3-7,9,16H,8,10-11H2,1-2H3,(H2,22,23)(H,24,28)(H,25,27). The maximum Gasteiger partial charge on any atom is 0.243 e. The maximum absolute atomic E-state index is 12.7. The van der Waals surface area contributed by atoms with Gasteiger partial charge in [0.2, 0.25) is 11.8 Å². The van der Waals surface area contributed by atoms with E-state index in [1.165, 1.54) is 0 Å². The Morgan fingerprint density at radius 2 is 1.86 bits per heavy atom. The Kier molecular flexibility index (Phi) is 8.04. The second kappa shape index (κ2) is 10.3. The Hall–Kier alpha value is -2.35. The Bertz CT molecular complexity index is 828. The van der Waals surface area contributed by atoms with E-state index in [4.69, 9.17) is 28.9 Å². The van der Waals surface area contributed by atoms with Gasteiger partial charge in [0, 0.05) is 19.2 Å². The molecule has 0 saturated heterocycles. The van der Waals surface area contributed by atoms with Crippen molar-refractivity contribution in [2.24, 2.45) is 0 Å².